The maximum atomic E-state index is 12.7. The number of carbonyl (C=O) groups excluding carboxylic acids is 4. The summed E-state index contributed by atoms with van der Waals surface area (Å²) in [5.74, 6) is -1.09. The van der Waals surface area contributed by atoms with Gasteiger partial charge in [-0.25, -0.2) is 0 Å². The first-order valence-electron chi connectivity index (χ1n) is 7.89. The second kappa shape index (κ2) is 6.92. The zero-order valence-corrected chi connectivity index (χ0v) is 14.6. The van der Waals surface area contributed by atoms with Gasteiger partial charge in [0.15, 0.2) is 11.4 Å². The van der Waals surface area contributed by atoms with Crippen LogP contribution in [0.5, 0.6) is 5.75 Å². The summed E-state index contributed by atoms with van der Waals surface area (Å²) in [6.45, 7) is 5.87. The van der Waals surface area contributed by atoms with Crippen molar-refractivity contribution >= 4 is 29.2 Å². The lowest BCUT2D eigenvalue weighted by Crippen LogP contribution is -2.56. The molecule has 1 aliphatic rings. The average molecular weight is 347 g/mol. The lowest BCUT2D eigenvalue weighted by atomic mass is 10.0. The summed E-state index contributed by atoms with van der Waals surface area (Å²) in [5.41, 5.74) is 4.02. The van der Waals surface area contributed by atoms with Crippen LogP contribution in [0, 0.1) is 0 Å². The monoisotopic (exact) mass is 347 g/mol. The molecular formula is C17H21N3O5. The van der Waals surface area contributed by atoms with Crippen LogP contribution in [0.2, 0.25) is 0 Å². The number of hydrogen-bond acceptors (Lipinski definition) is 5. The van der Waals surface area contributed by atoms with Crippen LogP contribution in [-0.4, -0.2) is 35.7 Å². The van der Waals surface area contributed by atoms with E-state index in [-0.39, 0.29) is 12.3 Å². The van der Waals surface area contributed by atoms with Crippen LogP contribution >= 0.6 is 0 Å². The van der Waals surface area contributed by atoms with Gasteiger partial charge in [0.1, 0.15) is 12.3 Å². The SMILES string of the molecule is CCC(=O)c1ccc2c(c1)N(CC(=O)NNC(C)=O)C(=O)C(C)(C)O2. The third-order valence-corrected chi connectivity index (χ3v) is 3.70. The number of hydrazine groups is 1. The van der Waals surface area contributed by atoms with E-state index in [1.165, 1.54) is 11.8 Å². The molecule has 2 N–H and O–H groups in total. The number of benzene rings is 1. The van der Waals surface area contributed by atoms with Gasteiger partial charge in [0.25, 0.3) is 11.8 Å². The maximum Gasteiger partial charge on any atom is 0.271 e. The van der Waals surface area contributed by atoms with Gasteiger partial charge in [0, 0.05) is 18.9 Å². The van der Waals surface area contributed by atoms with Crippen LogP contribution in [0.15, 0.2) is 18.2 Å². The number of ketones is 1. The molecule has 0 aliphatic carbocycles. The van der Waals surface area contributed by atoms with E-state index in [0.29, 0.717) is 23.4 Å². The average Bonchev–Trinajstić information content (AvgIpc) is 2.55. The van der Waals surface area contributed by atoms with Crippen molar-refractivity contribution in [1.82, 2.24) is 10.9 Å². The standard InChI is InChI=1S/C17H21N3O5/c1-5-13(22)11-6-7-14-12(8-11)20(16(24)17(3,4)25-14)9-15(23)19-18-10(2)21/h6-8H,5,9H2,1-4H3,(H,18,21)(H,19,23). The highest BCUT2D eigenvalue weighted by molar-refractivity contribution is 6.07. The fourth-order valence-corrected chi connectivity index (χ4v) is 2.44. The molecule has 2 rings (SSSR count). The third-order valence-electron chi connectivity index (χ3n) is 3.70. The van der Waals surface area contributed by atoms with Crippen LogP contribution in [-0.2, 0) is 14.4 Å². The molecule has 1 aliphatic heterocycles. The summed E-state index contributed by atoms with van der Waals surface area (Å²) in [4.78, 5) is 48.8. The fourth-order valence-electron chi connectivity index (χ4n) is 2.44. The van der Waals surface area contributed by atoms with E-state index >= 15 is 0 Å². The van der Waals surface area contributed by atoms with E-state index < -0.39 is 23.3 Å². The van der Waals surface area contributed by atoms with E-state index in [4.69, 9.17) is 4.74 Å². The summed E-state index contributed by atoms with van der Waals surface area (Å²) in [6.07, 6.45) is 0.322. The highest BCUT2D eigenvalue weighted by Crippen LogP contribution is 2.38. The van der Waals surface area contributed by atoms with E-state index in [0.717, 1.165) is 0 Å². The van der Waals surface area contributed by atoms with Gasteiger partial charge in [0.05, 0.1) is 5.69 Å². The smallest absolute Gasteiger partial charge is 0.271 e. The third kappa shape index (κ3) is 3.96. The summed E-state index contributed by atoms with van der Waals surface area (Å²) in [5, 5.41) is 0. The van der Waals surface area contributed by atoms with Crippen molar-refractivity contribution in [3.63, 3.8) is 0 Å². The number of rotatable bonds is 4. The van der Waals surface area contributed by atoms with Crippen molar-refractivity contribution in [2.75, 3.05) is 11.4 Å². The van der Waals surface area contributed by atoms with E-state index in [1.807, 2.05) is 0 Å². The molecule has 0 atom stereocenters. The normalized spacial score (nSPS) is 15.0. The zero-order chi connectivity index (χ0) is 18.8. The van der Waals surface area contributed by atoms with Gasteiger partial charge in [-0.15, -0.1) is 0 Å². The Kier molecular flexibility index (Phi) is 5.10. The predicted molar refractivity (Wildman–Crippen MR) is 90.1 cm³/mol. The molecule has 1 heterocycles. The minimum absolute atomic E-state index is 0.0808. The molecule has 0 radical (unpaired) electrons. The maximum absolute atomic E-state index is 12.7. The molecule has 134 valence electrons. The Labute approximate surface area is 145 Å². The highest BCUT2D eigenvalue weighted by Gasteiger charge is 2.41. The van der Waals surface area contributed by atoms with Crippen molar-refractivity contribution in [2.24, 2.45) is 0 Å². The van der Waals surface area contributed by atoms with Gasteiger partial charge < -0.3 is 4.74 Å². The van der Waals surface area contributed by atoms with Crippen LogP contribution in [0.4, 0.5) is 5.69 Å². The van der Waals surface area contributed by atoms with Gasteiger partial charge in [0.2, 0.25) is 5.91 Å². The number of hydrogen-bond donors (Lipinski definition) is 2. The molecule has 8 nitrogen and oxygen atoms in total. The highest BCUT2D eigenvalue weighted by atomic mass is 16.5. The summed E-state index contributed by atoms with van der Waals surface area (Å²) >= 11 is 0. The first-order valence-corrected chi connectivity index (χ1v) is 7.89. The lowest BCUT2D eigenvalue weighted by Gasteiger charge is -2.38. The minimum Gasteiger partial charge on any atom is -0.476 e. The number of ether oxygens (including phenoxy) is 1. The van der Waals surface area contributed by atoms with E-state index in [2.05, 4.69) is 10.9 Å². The van der Waals surface area contributed by atoms with Gasteiger partial charge in [-0.2, -0.15) is 0 Å². The van der Waals surface area contributed by atoms with Gasteiger partial charge in [-0.05, 0) is 32.0 Å². The van der Waals surface area contributed by atoms with Crippen molar-refractivity contribution in [2.45, 2.75) is 39.7 Å². The first kappa shape index (κ1) is 18.4. The molecule has 0 bridgehead atoms. The number of Topliss-reactive ketones (excluding diaryl/α,β-unsaturated/α-hetero) is 1. The predicted octanol–water partition coefficient (Wildman–Crippen LogP) is 0.951. The van der Waals surface area contributed by atoms with Crippen LogP contribution in [0.1, 0.15) is 44.5 Å². The minimum atomic E-state index is -1.16. The first-order chi connectivity index (χ1) is 11.7. The van der Waals surface area contributed by atoms with Crippen molar-refractivity contribution in [3.8, 4) is 5.75 Å². The molecule has 0 spiro atoms. The molecule has 1 aromatic carbocycles. The molecule has 3 amide bonds. The van der Waals surface area contributed by atoms with E-state index in [9.17, 15) is 19.2 Å². The van der Waals surface area contributed by atoms with E-state index in [1.54, 1.807) is 39.0 Å². The van der Waals surface area contributed by atoms with Crippen molar-refractivity contribution in [3.05, 3.63) is 23.8 Å². The quantitative estimate of drug-likeness (QED) is 0.623. The fraction of sp³-hybridized carbons (Fsp3) is 0.412. The Morgan fingerprint density at radius 3 is 2.48 bits per heavy atom. The summed E-state index contributed by atoms with van der Waals surface area (Å²) < 4.78 is 5.71. The summed E-state index contributed by atoms with van der Waals surface area (Å²) in [7, 11) is 0. The number of nitrogens with one attached hydrogen (secondary N) is 2. The van der Waals surface area contributed by atoms with Gasteiger partial charge >= 0.3 is 0 Å². The Balaban J connectivity index is 2.37. The molecule has 0 unspecified atom stereocenters. The summed E-state index contributed by atoms with van der Waals surface area (Å²) in [6, 6.07) is 4.79. The van der Waals surface area contributed by atoms with Gasteiger partial charge in [-0.1, -0.05) is 6.92 Å². The topological polar surface area (TPSA) is 105 Å². The molecule has 0 saturated heterocycles. The Morgan fingerprint density at radius 2 is 1.88 bits per heavy atom. The van der Waals surface area contributed by atoms with Gasteiger partial charge in [-0.3, -0.25) is 34.9 Å². The molecule has 1 aromatic rings. The van der Waals surface area contributed by atoms with Crippen molar-refractivity contribution < 1.29 is 23.9 Å². The number of carbonyl (C=O) groups is 4. The van der Waals surface area contributed by atoms with Crippen LogP contribution < -0.4 is 20.5 Å². The number of nitrogens with zero attached hydrogens (tertiary/aromatic N) is 1. The molecule has 0 fully saturated rings. The zero-order valence-electron chi connectivity index (χ0n) is 14.6. The molecule has 0 saturated carbocycles. The molecule has 25 heavy (non-hydrogen) atoms. The lowest BCUT2D eigenvalue weighted by molar-refractivity contribution is -0.134. The Bertz CT molecular complexity index is 742. The molecule has 0 aromatic heterocycles. The van der Waals surface area contributed by atoms with Crippen LogP contribution in [0.3, 0.4) is 0 Å². The second-order valence-electron chi connectivity index (χ2n) is 6.19. The van der Waals surface area contributed by atoms with Crippen LogP contribution in [0.25, 0.3) is 0 Å². The Hall–Kier alpha value is -2.90. The number of fused-ring (bicyclic) bond motifs is 1. The molecular weight excluding hydrogens is 326 g/mol. The number of anilines is 1. The molecule has 8 heteroatoms. The number of amides is 3. The second-order valence-corrected chi connectivity index (χ2v) is 6.19. The Morgan fingerprint density at radius 1 is 1.20 bits per heavy atom. The largest absolute Gasteiger partial charge is 0.476 e. The van der Waals surface area contributed by atoms with Crippen molar-refractivity contribution in [1.29, 1.82) is 0 Å².